The molecule has 0 radical (unpaired) electrons. The van der Waals surface area contributed by atoms with Crippen LogP contribution in [0, 0.1) is 11.3 Å². The highest BCUT2D eigenvalue weighted by molar-refractivity contribution is 5.91. The van der Waals surface area contributed by atoms with Crippen LogP contribution in [0.3, 0.4) is 0 Å². The summed E-state index contributed by atoms with van der Waals surface area (Å²) in [5, 5.41) is 3.62. The third-order valence-electron chi connectivity index (χ3n) is 5.42. The van der Waals surface area contributed by atoms with Crippen LogP contribution in [0.15, 0.2) is 0 Å². The van der Waals surface area contributed by atoms with Crippen molar-refractivity contribution in [1.82, 2.24) is 10.2 Å². The largest absolute Gasteiger partial charge is 0.325 e. The second-order valence-electron chi connectivity index (χ2n) is 7.72. The maximum Gasteiger partial charge on any atom is 0.244 e. The van der Waals surface area contributed by atoms with Gasteiger partial charge >= 0.3 is 0 Å². The van der Waals surface area contributed by atoms with E-state index < -0.39 is 0 Å². The summed E-state index contributed by atoms with van der Waals surface area (Å²) in [6.07, 6.45) is 8.97. The smallest absolute Gasteiger partial charge is 0.244 e. The molecule has 2 aliphatic carbocycles. The van der Waals surface area contributed by atoms with Crippen LogP contribution in [0.5, 0.6) is 0 Å². The van der Waals surface area contributed by atoms with Crippen molar-refractivity contribution in [2.45, 2.75) is 77.4 Å². The number of hydrogen-bond donors (Lipinski definition) is 1. The number of carbonyl (C=O) groups is 1. The highest BCUT2D eigenvalue weighted by Gasteiger charge is 2.60. The van der Waals surface area contributed by atoms with Gasteiger partial charge in [0.2, 0.25) is 5.91 Å². The van der Waals surface area contributed by atoms with Crippen LogP contribution in [-0.4, -0.2) is 29.1 Å². The van der Waals surface area contributed by atoms with E-state index in [1.807, 2.05) is 0 Å². The molecule has 0 bridgehead atoms. The van der Waals surface area contributed by atoms with E-state index in [0.717, 1.165) is 19.4 Å². The molecule has 1 spiro atoms. The molecular weight excluding hydrogens is 236 g/mol. The van der Waals surface area contributed by atoms with Crippen LogP contribution < -0.4 is 5.32 Å². The van der Waals surface area contributed by atoms with E-state index in [1.165, 1.54) is 32.1 Å². The Morgan fingerprint density at radius 3 is 2.37 bits per heavy atom. The molecule has 3 rings (SSSR count). The van der Waals surface area contributed by atoms with Crippen LogP contribution >= 0.6 is 0 Å². The molecule has 1 aliphatic heterocycles. The van der Waals surface area contributed by atoms with E-state index in [2.05, 4.69) is 31.0 Å². The molecule has 3 nitrogen and oxygen atoms in total. The molecule has 2 saturated carbocycles. The summed E-state index contributed by atoms with van der Waals surface area (Å²) in [5.74, 6) is 0.883. The van der Waals surface area contributed by atoms with Crippen molar-refractivity contribution in [3.8, 4) is 0 Å². The van der Waals surface area contributed by atoms with E-state index in [0.29, 0.717) is 17.2 Å². The molecule has 1 saturated heterocycles. The second kappa shape index (κ2) is 4.47. The first-order chi connectivity index (χ1) is 8.96. The predicted octanol–water partition coefficient (Wildman–Crippen LogP) is 2.90. The van der Waals surface area contributed by atoms with Gasteiger partial charge in [-0.15, -0.1) is 0 Å². The first-order valence-electron chi connectivity index (χ1n) is 8.05. The number of nitrogens with zero attached hydrogens (tertiary/aromatic N) is 1. The number of hydrogen-bond acceptors (Lipinski definition) is 2. The van der Waals surface area contributed by atoms with Crippen molar-refractivity contribution in [2.24, 2.45) is 11.3 Å². The van der Waals surface area contributed by atoms with Gasteiger partial charge in [0.1, 0.15) is 0 Å². The van der Waals surface area contributed by atoms with Gasteiger partial charge in [-0.3, -0.25) is 10.1 Å². The Balaban J connectivity index is 1.75. The Bertz CT molecular complexity index is 367. The fourth-order valence-electron chi connectivity index (χ4n) is 3.98. The minimum atomic E-state index is -0.153. The molecule has 3 heteroatoms. The summed E-state index contributed by atoms with van der Waals surface area (Å²) >= 11 is 0. The molecule has 108 valence electrons. The van der Waals surface area contributed by atoms with E-state index in [1.54, 1.807) is 0 Å². The highest BCUT2D eigenvalue weighted by Crippen LogP contribution is 2.45. The summed E-state index contributed by atoms with van der Waals surface area (Å²) in [5.41, 5.74) is 0.198. The lowest BCUT2D eigenvalue weighted by Gasteiger charge is -2.39. The summed E-state index contributed by atoms with van der Waals surface area (Å²) in [4.78, 5) is 14.9. The zero-order chi connectivity index (χ0) is 13.7. The molecule has 19 heavy (non-hydrogen) atoms. The maximum atomic E-state index is 12.7. The van der Waals surface area contributed by atoms with Crippen LogP contribution in [0.2, 0.25) is 0 Å². The number of amides is 1. The molecule has 1 atom stereocenters. The Labute approximate surface area is 117 Å². The van der Waals surface area contributed by atoms with Crippen molar-refractivity contribution in [3.05, 3.63) is 0 Å². The first-order valence-corrected chi connectivity index (χ1v) is 8.05. The highest BCUT2D eigenvalue weighted by atomic mass is 16.2. The van der Waals surface area contributed by atoms with Gasteiger partial charge in [-0.1, -0.05) is 40.0 Å². The number of carbonyl (C=O) groups excluding carboxylic acids is 1. The average molecular weight is 264 g/mol. The third-order valence-corrected chi connectivity index (χ3v) is 5.42. The zero-order valence-corrected chi connectivity index (χ0v) is 12.7. The van der Waals surface area contributed by atoms with Gasteiger partial charge in [-0.05, 0) is 37.0 Å². The summed E-state index contributed by atoms with van der Waals surface area (Å²) in [6, 6.07) is 0. The molecular formula is C16H28N2O. The van der Waals surface area contributed by atoms with Crippen molar-refractivity contribution in [3.63, 3.8) is 0 Å². The summed E-state index contributed by atoms with van der Waals surface area (Å²) in [6.45, 7) is 7.79. The molecule has 0 aromatic rings. The zero-order valence-electron chi connectivity index (χ0n) is 12.7. The topological polar surface area (TPSA) is 32.3 Å². The van der Waals surface area contributed by atoms with Gasteiger partial charge in [0.15, 0.2) is 0 Å². The van der Waals surface area contributed by atoms with E-state index in [4.69, 9.17) is 0 Å². The van der Waals surface area contributed by atoms with Crippen LogP contribution in [0.25, 0.3) is 0 Å². The lowest BCUT2D eigenvalue weighted by molar-refractivity contribution is -0.133. The van der Waals surface area contributed by atoms with E-state index in [9.17, 15) is 4.79 Å². The number of nitrogens with one attached hydrogen (secondary N) is 1. The minimum Gasteiger partial charge on any atom is -0.325 e. The van der Waals surface area contributed by atoms with Crippen LogP contribution in [-0.2, 0) is 4.79 Å². The Morgan fingerprint density at radius 1 is 1.21 bits per heavy atom. The van der Waals surface area contributed by atoms with Crippen LogP contribution in [0.4, 0.5) is 0 Å². The van der Waals surface area contributed by atoms with Gasteiger partial charge in [-0.2, -0.15) is 0 Å². The van der Waals surface area contributed by atoms with Crippen molar-refractivity contribution >= 4 is 5.91 Å². The molecule has 0 aromatic heterocycles. The van der Waals surface area contributed by atoms with E-state index in [-0.39, 0.29) is 11.7 Å². The van der Waals surface area contributed by atoms with Gasteiger partial charge < -0.3 is 4.90 Å². The summed E-state index contributed by atoms with van der Waals surface area (Å²) in [7, 11) is 0. The SMILES string of the molecule is CC(C)C1NC2(CC2)C(=O)N1CC1(C)CCCCC1. The lowest BCUT2D eigenvalue weighted by Crippen LogP contribution is -2.46. The number of rotatable bonds is 3. The Kier molecular flexibility index (Phi) is 3.16. The Morgan fingerprint density at radius 2 is 1.84 bits per heavy atom. The molecule has 0 aromatic carbocycles. The molecule has 1 N–H and O–H groups in total. The normalized spacial score (nSPS) is 32.3. The molecule has 3 fully saturated rings. The lowest BCUT2D eigenvalue weighted by atomic mass is 9.75. The van der Waals surface area contributed by atoms with Gasteiger partial charge in [-0.25, -0.2) is 0 Å². The quantitative estimate of drug-likeness (QED) is 0.850. The third kappa shape index (κ3) is 2.31. The minimum absolute atomic E-state index is 0.153. The van der Waals surface area contributed by atoms with Crippen molar-refractivity contribution in [1.29, 1.82) is 0 Å². The molecule has 1 unspecified atom stereocenters. The Hall–Kier alpha value is -0.570. The fourth-order valence-corrected chi connectivity index (χ4v) is 3.98. The second-order valence-corrected chi connectivity index (χ2v) is 7.72. The van der Waals surface area contributed by atoms with Crippen molar-refractivity contribution in [2.75, 3.05) is 6.54 Å². The average Bonchev–Trinajstić information content (AvgIpc) is 3.09. The monoisotopic (exact) mass is 264 g/mol. The molecule has 1 heterocycles. The van der Waals surface area contributed by atoms with Crippen molar-refractivity contribution < 1.29 is 4.79 Å². The van der Waals surface area contributed by atoms with Gasteiger partial charge in [0.05, 0.1) is 11.7 Å². The van der Waals surface area contributed by atoms with Gasteiger partial charge in [0, 0.05) is 6.54 Å². The molecule has 1 amide bonds. The standard InChI is InChI=1S/C16H28N2O/c1-12(2)13-17-16(9-10-16)14(19)18(13)11-15(3)7-5-4-6-8-15/h12-13,17H,4-11H2,1-3H3. The molecule has 3 aliphatic rings. The van der Waals surface area contributed by atoms with Crippen LogP contribution in [0.1, 0.15) is 65.7 Å². The predicted molar refractivity (Wildman–Crippen MR) is 76.6 cm³/mol. The maximum absolute atomic E-state index is 12.7. The van der Waals surface area contributed by atoms with E-state index >= 15 is 0 Å². The van der Waals surface area contributed by atoms with Gasteiger partial charge in [0.25, 0.3) is 0 Å². The fraction of sp³-hybridized carbons (Fsp3) is 0.938. The summed E-state index contributed by atoms with van der Waals surface area (Å²) < 4.78 is 0. The first kappa shape index (κ1) is 13.4.